The molecule has 0 bridgehead atoms. The Hall–Kier alpha value is -0.400. The Balaban J connectivity index is 4.32. The molecule has 0 aromatic rings. The standard InChI is InChI=1S/C7H12F2/c1-5-6(2,3)7(4,8)9/h5H,1H2,2-4H3. The molecule has 0 amide bonds. The van der Waals surface area contributed by atoms with Crippen molar-refractivity contribution in [3.8, 4) is 0 Å². The molecule has 0 heterocycles. The average Bonchev–Trinajstić information content (AvgIpc) is 1.64. The third kappa shape index (κ3) is 1.77. The van der Waals surface area contributed by atoms with Crippen LogP contribution in [0.2, 0.25) is 0 Å². The van der Waals surface area contributed by atoms with E-state index >= 15 is 0 Å². The topological polar surface area (TPSA) is 0 Å². The van der Waals surface area contributed by atoms with Crippen LogP contribution >= 0.6 is 0 Å². The van der Waals surface area contributed by atoms with Crippen molar-refractivity contribution in [2.75, 3.05) is 0 Å². The second kappa shape index (κ2) is 2.09. The molecule has 0 aromatic carbocycles. The maximum atomic E-state index is 12.4. The second-order valence-corrected chi connectivity index (χ2v) is 2.81. The van der Waals surface area contributed by atoms with Crippen LogP contribution in [0.3, 0.4) is 0 Å². The van der Waals surface area contributed by atoms with Gasteiger partial charge in [0.1, 0.15) is 0 Å². The molecular weight excluding hydrogens is 122 g/mol. The molecule has 2 heteroatoms. The monoisotopic (exact) mass is 134 g/mol. The molecule has 54 valence electrons. The van der Waals surface area contributed by atoms with E-state index in [1.165, 1.54) is 19.9 Å². The van der Waals surface area contributed by atoms with Gasteiger partial charge in [-0.15, -0.1) is 6.58 Å². The van der Waals surface area contributed by atoms with E-state index in [0.29, 0.717) is 0 Å². The third-order valence-corrected chi connectivity index (χ3v) is 1.64. The van der Waals surface area contributed by atoms with Crippen molar-refractivity contribution in [3.05, 3.63) is 12.7 Å². The quantitative estimate of drug-likeness (QED) is 0.509. The summed E-state index contributed by atoms with van der Waals surface area (Å²) in [7, 11) is 0. The van der Waals surface area contributed by atoms with Gasteiger partial charge in [0.05, 0.1) is 0 Å². The van der Waals surface area contributed by atoms with E-state index in [-0.39, 0.29) is 0 Å². The number of hydrogen-bond acceptors (Lipinski definition) is 0. The zero-order valence-electron chi connectivity index (χ0n) is 6.04. The summed E-state index contributed by atoms with van der Waals surface area (Å²) in [5, 5.41) is 0. The fourth-order valence-corrected chi connectivity index (χ4v) is 0.179. The van der Waals surface area contributed by atoms with Crippen LogP contribution in [0.4, 0.5) is 8.78 Å². The largest absolute Gasteiger partial charge is 0.253 e. The van der Waals surface area contributed by atoms with Gasteiger partial charge < -0.3 is 0 Å². The molecule has 0 aliphatic heterocycles. The lowest BCUT2D eigenvalue weighted by atomic mass is 9.87. The van der Waals surface area contributed by atoms with Crippen LogP contribution in [0.15, 0.2) is 12.7 Å². The van der Waals surface area contributed by atoms with E-state index in [1.807, 2.05) is 0 Å². The summed E-state index contributed by atoms with van der Waals surface area (Å²) in [5.41, 5.74) is -1.09. The molecular formula is C7H12F2. The summed E-state index contributed by atoms with van der Waals surface area (Å²) in [4.78, 5) is 0. The molecule has 0 rings (SSSR count). The Morgan fingerprint density at radius 1 is 1.22 bits per heavy atom. The van der Waals surface area contributed by atoms with Crippen molar-refractivity contribution >= 4 is 0 Å². The minimum atomic E-state index is -2.67. The highest BCUT2D eigenvalue weighted by Gasteiger charge is 2.38. The van der Waals surface area contributed by atoms with Crippen molar-refractivity contribution < 1.29 is 8.78 Å². The molecule has 0 N–H and O–H groups in total. The smallest absolute Gasteiger partial charge is 0.206 e. The zero-order chi connectivity index (χ0) is 7.71. The maximum Gasteiger partial charge on any atom is 0.253 e. The summed E-state index contributed by atoms with van der Waals surface area (Å²) in [6.07, 6.45) is 1.27. The van der Waals surface area contributed by atoms with Crippen molar-refractivity contribution in [2.45, 2.75) is 26.7 Å². The molecule has 0 saturated heterocycles. The molecule has 0 aliphatic rings. The minimum absolute atomic E-state index is 0.898. The second-order valence-electron chi connectivity index (χ2n) is 2.81. The van der Waals surface area contributed by atoms with Crippen molar-refractivity contribution in [3.63, 3.8) is 0 Å². The lowest BCUT2D eigenvalue weighted by Crippen LogP contribution is -2.30. The Labute approximate surface area is 54.6 Å². The first-order valence-corrected chi connectivity index (χ1v) is 2.82. The van der Waals surface area contributed by atoms with Crippen molar-refractivity contribution in [1.29, 1.82) is 0 Å². The molecule has 0 unspecified atom stereocenters. The van der Waals surface area contributed by atoms with Crippen LogP contribution in [0, 0.1) is 5.41 Å². The molecule has 9 heavy (non-hydrogen) atoms. The average molecular weight is 134 g/mol. The van der Waals surface area contributed by atoms with Crippen LogP contribution in [-0.2, 0) is 0 Å². The number of alkyl halides is 2. The van der Waals surface area contributed by atoms with Crippen LogP contribution in [-0.4, -0.2) is 5.92 Å². The zero-order valence-corrected chi connectivity index (χ0v) is 6.04. The van der Waals surface area contributed by atoms with Crippen LogP contribution in [0.1, 0.15) is 20.8 Å². The summed E-state index contributed by atoms with van der Waals surface area (Å²) in [6, 6.07) is 0. The van der Waals surface area contributed by atoms with E-state index in [2.05, 4.69) is 6.58 Å². The fraction of sp³-hybridized carbons (Fsp3) is 0.714. The molecule has 0 atom stereocenters. The van der Waals surface area contributed by atoms with Crippen LogP contribution in [0.25, 0.3) is 0 Å². The van der Waals surface area contributed by atoms with Gasteiger partial charge in [0, 0.05) is 12.3 Å². The SMILES string of the molecule is C=CC(C)(C)C(C)(F)F. The molecule has 0 aliphatic carbocycles. The summed E-state index contributed by atoms with van der Waals surface area (Å²) < 4.78 is 24.9. The van der Waals surface area contributed by atoms with Gasteiger partial charge in [-0.2, -0.15) is 0 Å². The lowest BCUT2D eigenvalue weighted by Gasteiger charge is -2.27. The molecule has 0 fully saturated rings. The van der Waals surface area contributed by atoms with Gasteiger partial charge in [-0.3, -0.25) is 0 Å². The van der Waals surface area contributed by atoms with E-state index in [0.717, 1.165) is 6.92 Å². The summed E-state index contributed by atoms with van der Waals surface area (Å²) in [6.45, 7) is 7.13. The van der Waals surface area contributed by atoms with E-state index in [1.54, 1.807) is 0 Å². The van der Waals surface area contributed by atoms with E-state index < -0.39 is 11.3 Å². The predicted molar refractivity (Wildman–Crippen MR) is 34.6 cm³/mol. The Morgan fingerprint density at radius 3 is 1.56 bits per heavy atom. The first kappa shape index (κ1) is 8.60. The third-order valence-electron chi connectivity index (χ3n) is 1.64. The van der Waals surface area contributed by atoms with Gasteiger partial charge in [0.2, 0.25) is 0 Å². The minimum Gasteiger partial charge on any atom is -0.206 e. The highest BCUT2D eigenvalue weighted by molar-refractivity contribution is 4.95. The number of hydrogen-bond donors (Lipinski definition) is 0. The normalized spacial score (nSPS) is 13.4. The molecule has 0 aromatic heterocycles. The van der Waals surface area contributed by atoms with Gasteiger partial charge in [-0.05, 0) is 0 Å². The molecule has 0 nitrogen and oxygen atoms in total. The highest BCUT2D eigenvalue weighted by Crippen LogP contribution is 2.36. The Morgan fingerprint density at radius 2 is 1.56 bits per heavy atom. The predicted octanol–water partition coefficient (Wildman–Crippen LogP) is 2.85. The van der Waals surface area contributed by atoms with Gasteiger partial charge in [-0.25, -0.2) is 8.78 Å². The maximum absolute atomic E-state index is 12.4. The molecule has 0 spiro atoms. The number of halogens is 2. The van der Waals surface area contributed by atoms with Crippen LogP contribution < -0.4 is 0 Å². The summed E-state index contributed by atoms with van der Waals surface area (Å²) in [5.74, 6) is -2.67. The first-order valence-electron chi connectivity index (χ1n) is 2.82. The van der Waals surface area contributed by atoms with Crippen LogP contribution in [0.5, 0.6) is 0 Å². The Bertz CT molecular complexity index is 109. The Kier molecular flexibility index (Phi) is 1.99. The fourth-order valence-electron chi connectivity index (χ4n) is 0.179. The van der Waals surface area contributed by atoms with E-state index in [4.69, 9.17) is 0 Å². The van der Waals surface area contributed by atoms with Gasteiger partial charge in [-0.1, -0.05) is 19.9 Å². The molecule has 0 radical (unpaired) electrons. The first-order chi connectivity index (χ1) is 3.81. The number of allylic oxidation sites excluding steroid dienone is 1. The molecule has 0 saturated carbocycles. The van der Waals surface area contributed by atoms with Gasteiger partial charge >= 0.3 is 0 Å². The summed E-state index contributed by atoms with van der Waals surface area (Å²) >= 11 is 0. The van der Waals surface area contributed by atoms with Crippen molar-refractivity contribution in [2.24, 2.45) is 5.41 Å². The van der Waals surface area contributed by atoms with Crippen molar-refractivity contribution in [1.82, 2.24) is 0 Å². The van der Waals surface area contributed by atoms with Gasteiger partial charge in [0.15, 0.2) is 0 Å². The van der Waals surface area contributed by atoms with Gasteiger partial charge in [0.25, 0.3) is 5.92 Å². The number of rotatable bonds is 2. The lowest BCUT2D eigenvalue weighted by molar-refractivity contribution is -0.0632. The van der Waals surface area contributed by atoms with E-state index in [9.17, 15) is 8.78 Å². The highest BCUT2D eigenvalue weighted by atomic mass is 19.3.